The number of aromatic nitrogens is 6. The molecule has 6 heteroatoms. The molecule has 0 saturated heterocycles. The van der Waals surface area contributed by atoms with Crippen LogP contribution in [0.4, 0.5) is 0 Å². The number of benzene rings is 1. The summed E-state index contributed by atoms with van der Waals surface area (Å²) in [6.45, 7) is 0. The normalized spacial score (nSPS) is 10.6. The van der Waals surface area contributed by atoms with Crippen LogP contribution in [-0.2, 0) is 7.05 Å². The molecule has 2 heterocycles. The number of hydrogen-bond donors (Lipinski definition) is 1. The number of H-pyrrole nitrogens is 1. The highest BCUT2D eigenvalue weighted by molar-refractivity contribution is 5.62. The summed E-state index contributed by atoms with van der Waals surface area (Å²) in [7, 11) is 1.97. The van der Waals surface area contributed by atoms with E-state index in [1.54, 1.807) is 6.20 Å². The molecule has 2 aromatic heterocycles. The van der Waals surface area contributed by atoms with Gasteiger partial charge in [-0.1, -0.05) is 24.3 Å². The van der Waals surface area contributed by atoms with Gasteiger partial charge in [0.2, 0.25) is 5.82 Å². The summed E-state index contributed by atoms with van der Waals surface area (Å²) in [5, 5.41) is 13.8. The Morgan fingerprint density at radius 1 is 1.12 bits per heavy atom. The summed E-state index contributed by atoms with van der Waals surface area (Å²) < 4.78 is 1.98. The van der Waals surface area contributed by atoms with E-state index in [1.165, 1.54) is 0 Å². The fraction of sp³-hybridized carbons (Fsp3) is 0.0909. The van der Waals surface area contributed by atoms with Crippen molar-refractivity contribution in [2.75, 3.05) is 0 Å². The Bertz CT molecular complexity index is 608. The van der Waals surface area contributed by atoms with Gasteiger partial charge in [-0.15, -0.1) is 10.2 Å². The molecule has 0 spiro atoms. The summed E-state index contributed by atoms with van der Waals surface area (Å²) in [6.07, 6.45) is 3.70. The van der Waals surface area contributed by atoms with Crippen LogP contribution in [0, 0.1) is 0 Å². The first kappa shape index (κ1) is 9.71. The number of aryl methyl sites for hydroxylation is 1. The van der Waals surface area contributed by atoms with E-state index < -0.39 is 0 Å². The van der Waals surface area contributed by atoms with Gasteiger partial charge in [0.05, 0.1) is 0 Å². The van der Waals surface area contributed by atoms with E-state index in [9.17, 15) is 0 Å². The van der Waals surface area contributed by atoms with Crippen LogP contribution in [0.5, 0.6) is 0 Å². The SMILES string of the molecule is Cn1ccnc1-c1ccc(-c2nn[nH]n2)cc1. The quantitative estimate of drug-likeness (QED) is 0.714. The van der Waals surface area contributed by atoms with Gasteiger partial charge < -0.3 is 4.57 Å². The Kier molecular flexibility index (Phi) is 2.18. The van der Waals surface area contributed by atoms with Crippen molar-refractivity contribution >= 4 is 0 Å². The van der Waals surface area contributed by atoms with Gasteiger partial charge in [-0.05, 0) is 5.21 Å². The average Bonchev–Trinajstić information content (AvgIpc) is 3.00. The van der Waals surface area contributed by atoms with Crippen LogP contribution in [0.1, 0.15) is 0 Å². The summed E-state index contributed by atoms with van der Waals surface area (Å²) in [6, 6.07) is 7.89. The van der Waals surface area contributed by atoms with Gasteiger partial charge in [-0.2, -0.15) is 5.21 Å². The van der Waals surface area contributed by atoms with Gasteiger partial charge in [0.25, 0.3) is 0 Å². The van der Waals surface area contributed by atoms with Crippen LogP contribution in [0.25, 0.3) is 22.8 Å². The summed E-state index contributed by atoms with van der Waals surface area (Å²) >= 11 is 0. The minimum atomic E-state index is 0.594. The number of tetrazole rings is 1. The van der Waals surface area contributed by atoms with Crippen molar-refractivity contribution in [3.05, 3.63) is 36.7 Å². The monoisotopic (exact) mass is 226 g/mol. The maximum Gasteiger partial charge on any atom is 0.204 e. The van der Waals surface area contributed by atoms with Crippen LogP contribution in [-0.4, -0.2) is 30.2 Å². The van der Waals surface area contributed by atoms with Crippen molar-refractivity contribution in [3.8, 4) is 22.8 Å². The second-order valence-electron chi connectivity index (χ2n) is 3.67. The molecule has 84 valence electrons. The van der Waals surface area contributed by atoms with Crippen LogP contribution in [0.15, 0.2) is 36.7 Å². The summed E-state index contributed by atoms with van der Waals surface area (Å²) in [5.74, 6) is 1.53. The lowest BCUT2D eigenvalue weighted by Gasteiger charge is -2.02. The lowest BCUT2D eigenvalue weighted by Crippen LogP contribution is -1.91. The van der Waals surface area contributed by atoms with Crippen LogP contribution in [0.2, 0.25) is 0 Å². The molecule has 1 N–H and O–H groups in total. The molecule has 0 amide bonds. The van der Waals surface area contributed by atoms with E-state index in [4.69, 9.17) is 0 Å². The first-order valence-corrected chi connectivity index (χ1v) is 5.16. The van der Waals surface area contributed by atoms with Gasteiger partial charge in [-0.25, -0.2) is 4.98 Å². The molecule has 0 saturated carbocycles. The van der Waals surface area contributed by atoms with Gasteiger partial charge in [0, 0.05) is 30.6 Å². The number of hydrogen-bond acceptors (Lipinski definition) is 4. The lowest BCUT2D eigenvalue weighted by molar-refractivity contribution is 0.881. The molecular weight excluding hydrogens is 216 g/mol. The molecule has 6 nitrogen and oxygen atoms in total. The molecular formula is C11H10N6. The van der Waals surface area contributed by atoms with E-state index in [0.717, 1.165) is 17.0 Å². The maximum atomic E-state index is 4.29. The smallest absolute Gasteiger partial charge is 0.204 e. The standard InChI is InChI=1S/C11H10N6/c1-17-7-6-12-11(17)9-4-2-8(3-5-9)10-13-15-16-14-10/h2-7H,1H3,(H,13,14,15,16). The third-order valence-corrected chi connectivity index (χ3v) is 2.57. The number of aromatic amines is 1. The largest absolute Gasteiger partial charge is 0.334 e. The molecule has 3 aromatic rings. The fourth-order valence-corrected chi connectivity index (χ4v) is 1.70. The van der Waals surface area contributed by atoms with E-state index in [2.05, 4.69) is 25.6 Å². The Balaban J connectivity index is 1.99. The second kappa shape index (κ2) is 3.82. The van der Waals surface area contributed by atoms with Crippen molar-refractivity contribution in [2.24, 2.45) is 7.05 Å². The van der Waals surface area contributed by atoms with E-state index in [1.807, 2.05) is 42.1 Å². The van der Waals surface area contributed by atoms with Crippen molar-refractivity contribution in [3.63, 3.8) is 0 Å². The predicted octanol–water partition coefficient (Wildman–Crippen LogP) is 1.27. The molecule has 1 aromatic carbocycles. The van der Waals surface area contributed by atoms with Crippen molar-refractivity contribution in [2.45, 2.75) is 0 Å². The first-order valence-electron chi connectivity index (χ1n) is 5.16. The van der Waals surface area contributed by atoms with Gasteiger partial charge in [-0.3, -0.25) is 0 Å². The van der Waals surface area contributed by atoms with Crippen LogP contribution in [0.3, 0.4) is 0 Å². The van der Waals surface area contributed by atoms with E-state index in [0.29, 0.717) is 5.82 Å². The molecule has 0 atom stereocenters. The Hall–Kier alpha value is -2.50. The van der Waals surface area contributed by atoms with Crippen molar-refractivity contribution < 1.29 is 0 Å². The van der Waals surface area contributed by atoms with Crippen molar-refractivity contribution in [1.82, 2.24) is 30.2 Å². The average molecular weight is 226 g/mol. The molecule has 0 aliphatic heterocycles. The first-order chi connectivity index (χ1) is 8.34. The minimum absolute atomic E-state index is 0.594. The molecule has 0 aliphatic carbocycles. The fourth-order valence-electron chi connectivity index (χ4n) is 1.70. The van der Waals surface area contributed by atoms with E-state index in [-0.39, 0.29) is 0 Å². The summed E-state index contributed by atoms with van der Waals surface area (Å²) in [4.78, 5) is 4.29. The Labute approximate surface area is 97.3 Å². The highest BCUT2D eigenvalue weighted by Crippen LogP contribution is 2.20. The molecule has 0 unspecified atom stereocenters. The van der Waals surface area contributed by atoms with E-state index >= 15 is 0 Å². The molecule has 0 radical (unpaired) electrons. The third-order valence-electron chi connectivity index (χ3n) is 2.57. The zero-order chi connectivity index (χ0) is 11.7. The zero-order valence-electron chi connectivity index (χ0n) is 9.20. The number of nitrogens with zero attached hydrogens (tertiary/aromatic N) is 5. The number of nitrogens with one attached hydrogen (secondary N) is 1. The third kappa shape index (κ3) is 1.69. The Morgan fingerprint density at radius 3 is 2.47 bits per heavy atom. The molecule has 0 bridgehead atoms. The predicted molar refractivity (Wildman–Crippen MR) is 61.8 cm³/mol. The molecule has 0 fully saturated rings. The van der Waals surface area contributed by atoms with Crippen LogP contribution < -0.4 is 0 Å². The highest BCUT2D eigenvalue weighted by Gasteiger charge is 2.05. The molecule has 17 heavy (non-hydrogen) atoms. The van der Waals surface area contributed by atoms with Gasteiger partial charge >= 0.3 is 0 Å². The summed E-state index contributed by atoms with van der Waals surface area (Å²) in [5.41, 5.74) is 1.99. The minimum Gasteiger partial charge on any atom is -0.334 e. The number of rotatable bonds is 2. The highest BCUT2D eigenvalue weighted by atomic mass is 15.5. The van der Waals surface area contributed by atoms with Crippen molar-refractivity contribution in [1.29, 1.82) is 0 Å². The lowest BCUT2D eigenvalue weighted by atomic mass is 10.1. The number of imidazole rings is 1. The van der Waals surface area contributed by atoms with Gasteiger partial charge in [0.15, 0.2) is 0 Å². The topological polar surface area (TPSA) is 72.3 Å². The van der Waals surface area contributed by atoms with Crippen LogP contribution >= 0.6 is 0 Å². The molecule has 3 rings (SSSR count). The van der Waals surface area contributed by atoms with Gasteiger partial charge in [0.1, 0.15) is 5.82 Å². The molecule has 0 aliphatic rings. The second-order valence-corrected chi connectivity index (χ2v) is 3.67. The maximum absolute atomic E-state index is 4.29. The zero-order valence-corrected chi connectivity index (χ0v) is 9.20. The Morgan fingerprint density at radius 2 is 1.88 bits per heavy atom.